The molecule has 3 N–H and O–H groups in total. The summed E-state index contributed by atoms with van der Waals surface area (Å²) in [6, 6.07) is 5.55. The molecular weight excluding hydrogens is 364 g/mol. The molecule has 0 radical (unpaired) electrons. The molecule has 0 bridgehead atoms. The first kappa shape index (κ1) is 18.2. The second-order valence-electron chi connectivity index (χ2n) is 7.37. The number of rotatable bonds is 2. The van der Waals surface area contributed by atoms with Crippen molar-refractivity contribution in [1.29, 1.82) is 0 Å². The molecule has 1 aliphatic rings. The summed E-state index contributed by atoms with van der Waals surface area (Å²) in [7, 11) is 1.49. The van der Waals surface area contributed by atoms with E-state index in [9.17, 15) is 20.1 Å². The van der Waals surface area contributed by atoms with E-state index in [1.807, 2.05) is 0 Å². The van der Waals surface area contributed by atoms with Gasteiger partial charge in [-0.1, -0.05) is 0 Å². The smallest absolute Gasteiger partial charge is 0.204 e. The van der Waals surface area contributed by atoms with E-state index >= 15 is 0 Å². The van der Waals surface area contributed by atoms with Crippen LogP contribution in [0, 0.1) is 0 Å². The molecule has 1 aromatic heterocycles. The van der Waals surface area contributed by atoms with E-state index in [0.717, 1.165) is 6.07 Å². The van der Waals surface area contributed by atoms with Crippen molar-refractivity contribution in [2.24, 2.45) is 0 Å². The van der Waals surface area contributed by atoms with Crippen molar-refractivity contribution in [2.45, 2.75) is 32.0 Å². The summed E-state index contributed by atoms with van der Waals surface area (Å²) < 4.78 is 17.1. The lowest BCUT2D eigenvalue weighted by Crippen LogP contribution is -2.46. The SMILES string of the molecule is COc1cc2occ(-c3ccc(O)cc3O)c(=O)c2c2c1C[C@H](O)C(C)(C)O2. The lowest BCUT2D eigenvalue weighted by molar-refractivity contribution is -0.0406. The Morgan fingerprint density at radius 2 is 1.93 bits per heavy atom. The van der Waals surface area contributed by atoms with Gasteiger partial charge in [-0.05, 0) is 26.0 Å². The van der Waals surface area contributed by atoms with Crippen molar-refractivity contribution in [1.82, 2.24) is 0 Å². The van der Waals surface area contributed by atoms with Crippen LogP contribution in [0.3, 0.4) is 0 Å². The minimum absolute atomic E-state index is 0.118. The van der Waals surface area contributed by atoms with Crippen molar-refractivity contribution in [3.05, 3.63) is 46.3 Å². The Morgan fingerprint density at radius 3 is 2.61 bits per heavy atom. The minimum atomic E-state index is -0.907. The summed E-state index contributed by atoms with van der Waals surface area (Å²) in [4.78, 5) is 13.3. The van der Waals surface area contributed by atoms with E-state index in [0.29, 0.717) is 17.1 Å². The molecular formula is C21H20O7. The topological polar surface area (TPSA) is 109 Å². The molecule has 0 aliphatic carbocycles. The molecule has 146 valence electrons. The summed E-state index contributed by atoms with van der Waals surface area (Å²) in [5.41, 5.74) is -0.0857. The van der Waals surface area contributed by atoms with Crippen LogP contribution in [0.1, 0.15) is 19.4 Å². The highest BCUT2D eigenvalue weighted by Crippen LogP contribution is 2.43. The van der Waals surface area contributed by atoms with E-state index in [1.165, 1.54) is 25.5 Å². The molecule has 28 heavy (non-hydrogen) atoms. The number of aliphatic hydroxyl groups is 1. The number of aromatic hydroxyl groups is 2. The largest absolute Gasteiger partial charge is 0.508 e. The molecule has 0 saturated heterocycles. The van der Waals surface area contributed by atoms with Crippen LogP contribution in [0.15, 0.2) is 39.7 Å². The third-order valence-corrected chi connectivity index (χ3v) is 5.14. The average Bonchev–Trinajstić information content (AvgIpc) is 2.63. The minimum Gasteiger partial charge on any atom is -0.508 e. The molecule has 4 rings (SSSR count). The van der Waals surface area contributed by atoms with E-state index in [-0.39, 0.29) is 40.0 Å². The Morgan fingerprint density at radius 1 is 1.18 bits per heavy atom. The average molecular weight is 384 g/mol. The summed E-state index contributed by atoms with van der Waals surface area (Å²) in [6.07, 6.45) is 0.740. The van der Waals surface area contributed by atoms with Crippen LogP contribution in [-0.4, -0.2) is 34.1 Å². The van der Waals surface area contributed by atoms with Crippen LogP contribution < -0.4 is 14.9 Å². The van der Waals surface area contributed by atoms with Crippen molar-refractivity contribution in [2.75, 3.05) is 7.11 Å². The van der Waals surface area contributed by atoms with Gasteiger partial charge >= 0.3 is 0 Å². The summed E-state index contributed by atoms with van der Waals surface area (Å²) in [6.45, 7) is 3.48. The summed E-state index contributed by atoms with van der Waals surface area (Å²) in [5.74, 6) is 0.400. The quantitative estimate of drug-likeness (QED) is 0.623. The van der Waals surface area contributed by atoms with Gasteiger partial charge in [0.2, 0.25) is 5.43 Å². The normalized spacial score (nSPS) is 17.8. The van der Waals surface area contributed by atoms with Gasteiger partial charge in [0.25, 0.3) is 0 Å². The van der Waals surface area contributed by atoms with Gasteiger partial charge in [0.15, 0.2) is 0 Å². The summed E-state index contributed by atoms with van der Waals surface area (Å²) >= 11 is 0. The molecule has 1 aliphatic heterocycles. The van der Waals surface area contributed by atoms with Gasteiger partial charge in [-0.2, -0.15) is 0 Å². The Hall–Kier alpha value is -3.19. The van der Waals surface area contributed by atoms with E-state index in [4.69, 9.17) is 13.9 Å². The molecule has 1 atom stereocenters. The standard InChI is InChI=1S/C21H20O7/c1-21(2)17(24)7-12-15(26-3)8-16-18(20(12)28-21)19(25)13(9-27-16)11-5-4-10(22)6-14(11)23/h4-6,8-9,17,22-24H,7H2,1-3H3/t17-/m0/s1. The third-order valence-electron chi connectivity index (χ3n) is 5.14. The molecule has 2 heterocycles. The maximum absolute atomic E-state index is 13.3. The van der Waals surface area contributed by atoms with E-state index in [1.54, 1.807) is 19.9 Å². The Labute approximate surface area is 160 Å². The molecule has 7 heteroatoms. The molecule has 2 aromatic carbocycles. The zero-order valence-electron chi connectivity index (χ0n) is 15.6. The van der Waals surface area contributed by atoms with Crippen LogP contribution in [-0.2, 0) is 6.42 Å². The van der Waals surface area contributed by atoms with Crippen LogP contribution in [0.4, 0.5) is 0 Å². The molecule has 0 fully saturated rings. The van der Waals surface area contributed by atoms with Gasteiger partial charge in [-0.15, -0.1) is 0 Å². The van der Waals surface area contributed by atoms with Gasteiger partial charge in [-0.25, -0.2) is 0 Å². The molecule has 0 amide bonds. The first-order chi connectivity index (χ1) is 13.2. The summed E-state index contributed by atoms with van der Waals surface area (Å²) in [5, 5.41) is 30.3. The lowest BCUT2D eigenvalue weighted by Gasteiger charge is -2.37. The zero-order chi connectivity index (χ0) is 20.2. The fourth-order valence-corrected chi connectivity index (χ4v) is 3.46. The Kier molecular flexibility index (Phi) is 4.01. The predicted octanol–water partition coefficient (Wildman–Crippen LogP) is 2.95. The number of benzene rings is 2. The van der Waals surface area contributed by atoms with Crippen LogP contribution >= 0.6 is 0 Å². The molecule has 0 unspecified atom stereocenters. The van der Waals surface area contributed by atoms with Gasteiger partial charge < -0.3 is 29.2 Å². The van der Waals surface area contributed by atoms with Crippen LogP contribution in [0.25, 0.3) is 22.1 Å². The number of ether oxygens (including phenoxy) is 2. The first-order valence-electron chi connectivity index (χ1n) is 8.77. The highest BCUT2D eigenvalue weighted by molar-refractivity contribution is 5.91. The number of phenols is 2. The van der Waals surface area contributed by atoms with Gasteiger partial charge in [-0.3, -0.25) is 4.79 Å². The number of aliphatic hydroxyl groups excluding tert-OH is 1. The van der Waals surface area contributed by atoms with Crippen molar-refractivity contribution < 1.29 is 29.2 Å². The van der Waals surface area contributed by atoms with Crippen molar-refractivity contribution in [3.63, 3.8) is 0 Å². The Balaban J connectivity index is 2.04. The molecule has 7 nitrogen and oxygen atoms in total. The monoisotopic (exact) mass is 384 g/mol. The molecule has 0 saturated carbocycles. The second-order valence-corrected chi connectivity index (χ2v) is 7.37. The second kappa shape index (κ2) is 6.17. The fraction of sp³-hybridized carbons (Fsp3) is 0.286. The number of hydrogen-bond donors (Lipinski definition) is 3. The van der Waals surface area contributed by atoms with Crippen molar-refractivity contribution in [3.8, 4) is 34.1 Å². The van der Waals surface area contributed by atoms with E-state index in [2.05, 4.69) is 0 Å². The number of methoxy groups -OCH3 is 1. The van der Waals surface area contributed by atoms with Crippen molar-refractivity contribution >= 4 is 11.0 Å². The van der Waals surface area contributed by atoms with E-state index < -0.39 is 17.1 Å². The molecule has 3 aromatic rings. The highest BCUT2D eigenvalue weighted by atomic mass is 16.5. The maximum Gasteiger partial charge on any atom is 0.204 e. The zero-order valence-corrected chi connectivity index (χ0v) is 15.6. The third kappa shape index (κ3) is 2.66. The van der Waals surface area contributed by atoms with Gasteiger partial charge in [0.05, 0.1) is 18.8 Å². The number of phenolic OH excluding ortho intramolecular Hbond substituents is 2. The predicted molar refractivity (Wildman–Crippen MR) is 102 cm³/mol. The number of hydrogen-bond acceptors (Lipinski definition) is 7. The van der Waals surface area contributed by atoms with Gasteiger partial charge in [0.1, 0.15) is 45.8 Å². The fourth-order valence-electron chi connectivity index (χ4n) is 3.46. The van der Waals surface area contributed by atoms with Crippen LogP contribution in [0.5, 0.6) is 23.0 Å². The first-order valence-corrected chi connectivity index (χ1v) is 8.77. The number of fused-ring (bicyclic) bond motifs is 3. The maximum atomic E-state index is 13.3. The van der Waals surface area contributed by atoms with Gasteiger partial charge in [0, 0.05) is 29.7 Å². The molecule has 0 spiro atoms. The lowest BCUT2D eigenvalue weighted by atomic mass is 9.89. The highest BCUT2D eigenvalue weighted by Gasteiger charge is 2.39. The Bertz CT molecular complexity index is 1140. The van der Waals surface area contributed by atoms with Crippen LogP contribution in [0.2, 0.25) is 0 Å².